The van der Waals surface area contributed by atoms with Gasteiger partial charge in [0, 0.05) is 5.56 Å². The van der Waals surface area contributed by atoms with E-state index in [-0.39, 0.29) is 16.6 Å². The van der Waals surface area contributed by atoms with Gasteiger partial charge in [-0.15, -0.1) is 0 Å². The van der Waals surface area contributed by atoms with Crippen LogP contribution in [0.5, 0.6) is 0 Å². The molecule has 0 bridgehead atoms. The number of carbonyl (C=O) groups excluding carboxylic acids is 1. The highest BCUT2D eigenvalue weighted by molar-refractivity contribution is 6.30. The Morgan fingerprint density at radius 3 is 2.44 bits per heavy atom. The molecule has 25 heavy (non-hydrogen) atoms. The predicted octanol–water partition coefficient (Wildman–Crippen LogP) is 4.19. The molecule has 134 valence electrons. The fourth-order valence-electron chi connectivity index (χ4n) is 2.75. The van der Waals surface area contributed by atoms with Crippen molar-refractivity contribution >= 4 is 17.6 Å². The Kier molecular flexibility index (Phi) is 6.39. The highest BCUT2D eigenvalue weighted by Gasteiger charge is 2.20. The second-order valence-electron chi connectivity index (χ2n) is 6.14. The third kappa shape index (κ3) is 4.94. The number of rotatable bonds is 5. The molecule has 0 saturated carbocycles. The number of aliphatic hydroxyl groups excluding tert-OH is 1. The van der Waals surface area contributed by atoms with E-state index in [2.05, 4.69) is 16.7 Å². The van der Waals surface area contributed by atoms with E-state index >= 15 is 0 Å². The molecule has 0 aromatic heterocycles. The molecular weight excluding hydrogens is 343 g/mol. The van der Waals surface area contributed by atoms with Crippen LogP contribution in [0.2, 0.25) is 5.02 Å². The fraction of sp³-hybridized carbons (Fsp3) is 0.316. The first-order valence-electron chi connectivity index (χ1n) is 8.01. The molecular formula is C19H22ClFN2O2. The Balaban J connectivity index is 2.08. The lowest BCUT2D eigenvalue weighted by Gasteiger charge is -2.21. The van der Waals surface area contributed by atoms with Crippen LogP contribution in [0, 0.1) is 19.7 Å². The van der Waals surface area contributed by atoms with Gasteiger partial charge in [0.25, 0.3) is 0 Å². The lowest BCUT2D eigenvalue weighted by molar-refractivity contribution is 0.213. The summed E-state index contributed by atoms with van der Waals surface area (Å²) in [6.07, 6.45) is 0. The molecule has 0 fully saturated rings. The Labute approximate surface area is 152 Å². The second kappa shape index (κ2) is 8.32. The van der Waals surface area contributed by atoms with E-state index in [1.54, 1.807) is 6.07 Å². The van der Waals surface area contributed by atoms with Crippen LogP contribution >= 0.6 is 11.6 Å². The lowest BCUT2D eigenvalue weighted by atomic mass is 10.0. The van der Waals surface area contributed by atoms with E-state index < -0.39 is 24.5 Å². The molecule has 0 saturated heterocycles. The first kappa shape index (κ1) is 19.2. The summed E-state index contributed by atoms with van der Waals surface area (Å²) in [7, 11) is 0. The average Bonchev–Trinajstić information content (AvgIpc) is 2.54. The number of hydrogen-bond donors (Lipinski definition) is 3. The minimum Gasteiger partial charge on any atom is -0.394 e. The molecule has 2 atom stereocenters. The predicted molar refractivity (Wildman–Crippen MR) is 97.2 cm³/mol. The first-order valence-corrected chi connectivity index (χ1v) is 8.39. The molecule has 3 N–H and O–H groups in total. The molecule has 2 amide bonds. The van der Waals surface area contributed by atoms with Crippen molar-refractivity contribution in [3.8, 4) is 0 Å². The van der Waals surface area contributed by atoms with Crippen LogP contribution in [0.1, 0.15) is 41.3 Å². The Bertz CT molecular complexity index is 747. The maximum Gasteiger partial charge on any atom is 0.315 e. The lowest BCUT2D eigenvalue weighted by Crippen LogP contribution is -2.40. The van der Waals surface area contributed by atoms with Crippen molar-refractivity contribution in [2.75, 3.05) is 6.61 Å². The fourth-order valence-corrected chi connectivity index (χ4v) is 2.93. The average molecular weight is 365 g/mol. The maximum atomic E-state index is 14.1. The third-order valence-corrected chi connectivity index (χ3v) is 4.23. The van der Waals surface area contributed by atoms with Crippen molar-refractivity contribution in [2.45, 2.75) is 32.9 Å². The number of carbonyl (C=O) groups is 1. The Morgan fingerprint density at radius 1 is 1.20 bits per heavy atom. The van der Waals surface area contributed by atoms with Gasteiger partial charge in [0.1, 0.15) is 5.82 Å². The summed E-state index contributed by atoms with van der Waals surface area (Å²) in [6.45, 7) is 5.41. The summed E-state index contributed by atoms with van der Waals surface area (Å²) < 4.78 is 14.1. The van der Waals surface area contributed by atoms with E-state index in [9.17, 15) is 14.3 Å². The number of hydrogen-bond acceptors (Lipinski definition) is 2. The summed E-state index contributed by atoms with van der Waals surface area (Å²) in [6, 6.07) is 8.90. The Hall–Kier alpha value is -2.11. The minimum atomic E-state index is -0.884. The van der Waals surface area contributed by atoms with Gasteiger partial charge in [-0.25, -0.2) is 9.18 Å². The van der Waals surface area contributed by atoms with Crippen molar-refractivity contribution in [2.24, 2.45) is 0 Å². The molecule has 0 aliphatic rings. The molecule has 0 radical (unpaired) electrons. The van der Waals surface area contributed by atoms with Gasteiger partial charge in [0.2, 0.25) is 0 Å². The van der Waals surface area contributed by atoms with E-state index in [1.165, 1.54) is 12.1 Å². The SMILES string of the molecule is Cc1cc(C)cc(C(C)NC(=O)NC(CO)c2cccc(Cl)c2F)c1. The number of nitrogens with one attached hydrogen (secondary N) is 2. The first-order chi connectivity index (χ1) is 11.8. The van der Waals surface area contributed by atoms with Crippen molar-refractivity contribution in [1.82, 2.24) is 10.6 Å². The van der Waals surface area contributed by atoms with Crippen LogP contribution in [-0.4, -0.2) is 17.7 Å². The smallest absolute Gasteiger partial charge is 0.315 e. The topological polar surface area (TPSA) is 61.4 Å². The third-order valence-electron chi connectivity index (χ3n) is 3.94. The number of amides is 2. The number of aryl methyl sites for hydroxylation is 2. The molecule has 0 heterocycles. The van der Waals surface area contributed by atoms with Crippen molar-refractivity contribution in [3.63, 3.8) is 0 Å². The normalized spacial score (nSPS) is 13.2. The summed E-state index contributed by atoms with van der Waals surface area (Å²) in [4.78, 5) is 12.2. The van der Waals surface area contributed by atoms with Crippen LogP contribution in [0.15, 0.2) is 36.4 Å². The van der Waals surface area contributed by atoms with Gasteiger partial charge in [-0.2, -0.15) is 0 Å². The van der Waals surface area contributed by atoms with Crippen LogP contribution in [0.3, 0.4) is 0 Å². The van der Waals surface area contributed by atoms with Crippen molar-refractivity contribution in [1.29, 1.82) is 0 Å². The van der Waals surface area contributed by atoms with Crippen LogP contribution < -0.4 is 10.6 Å². The van der Waals surface area contributed by atoms with Crippen LogP contribution in [0.4, 0.5) is 9.18 Å². The molecule has 0 spiro atoms. The van der Waals surface area contributed by atoms with Gasteiger partial charge in [-0.1, -0.05) is 53.1 Å². The summed E-state index contributed by atoms with van der Waals surface area (Å²) >= 11 is 5.76. The van der Waals surface area contributed by atoms with Crippen LogP contribution in [0.25, 0.3) is 0 Å². The number of halogens is 2. The number of benzene rings is 2. The highest BCUT2D eigenvalue weighted by atomic mass is 35.5. The van der Waals surface area contributed by atoms with Crippen molar-refractivity contribution in [3.05, 3.63) is 69.5 Å². The van der Waals surface area contributed by atoms with Gasteiger partial charge in [0.05, 0.1) is 23.7 Å². The summed E-state index contributed by atoms with van der Waals surface area (Å²) in [5.74, 6) is -0.647. The van der Waals surface area contributed by atoms with Gasteiger partial charge in [0.15, 0.2) is 0 Å². The van der Waals surface area contributed by atoms with Gasteiger partial charge in [-0.3, -0.25) is 0 Å². The molecule has 2 aromatic rings. The quantitative estimate of drug-likeness (QED) is 0.745. The van der Waals surface area contributed by atoms with E-state index in [1.807, 2.05) is 32.9 Å². The molecule has 6 heteroatoms. The van der Waals surface area contributed by atoms with E-state index in [0.29, 0.717) is 0 Å². The van der Waals surface area contributed by atoms with E-state index in [0.717, 1.165) is 16.7 Å². The maximum absolute atomic E-state index is 14.1. The molecule has 4 nitrogen and oxygen atoms in total. The summed E-state index contributed by atoms with van der Waals surface area (Å²) in [5, 5.41) is 14.8. The summed E-state index contributed by atoms with van der Waals surface area (Å²) in [5.41, 5.74) is 3.34. The molecule has 2 aromatic carbocycles. The monoisotopic (exact) mass is 364 g/mol. The molecule has 0 aliphatic heterocycles. The van der Waals surface area contributed by atoms with Gasteiger partial charge in [-0.05, 0) is 32.4 Å². The molecule has 0 aliphatic carbocycles. The zero-order chi connectivity index (χ0) is 18.6. The second-order valence-corrected chi connectivity index (χ2v) is 6.55. The number of aliphatic hydroxyl groups is 1. The molecule has 2 rings (SSSR count). The minimum absolute atomic E-state index is 0.0539. The Morgan fingerprint density at radius 2 is 1.84 bits per heavy atom. The molecule has 2 unspecified atom stereocenters. The van der Waals surface area contributed by atoms with Gasteiger partial charge < -0.3 is 15.7 Å². The van der Waals surface area contributed by atoms with Crippen molar-refractivity contribution < 1.29 is 14.3 Å². The van der Waals surface area contributed by atoms with E-state index in [4.69, 9.17) is 11.6 Å². The van der Waals surface area contributed by atoms with Crippen LogP contribution in [-0.2, 0) is 0 Å². The number of urea groups is 1. The largest absolute Gasteiger partial charge is 0.394 e. The zero-order valence-electron chi connectivity index (χ0n) is 14.4. The highest BCUT2D eigenvalue weighted by Crippen LogP contribution is 2.23. The van der Waals surface area contributed by atoms with Gasteiger partial charge >= 0.3 is 6.03 Å². The standard InChI is InChI=1S/C19H22ClFN2O2/c1-11-7-12(2)9-14(8-11)13(3)22-19(25)23-17(10-24)15-5-4-6-16(20)18(15)21/h4-9,13,17,24H,10H2,1-3H3,(H2,22,23,25). The zero-order valence-corrected chi connectivity index (χ0v) is 15.2.